The molecule has 6 aromatic carbocycles. The van der Waals surface area contributed by atoms with Crippen LogP contribution in [-0.2, 0) is 67.9 Å². The van der Waals surface area contributed by atoms with Crippen molar-refractivity contribution in [2.75, 3.05) is 71.5 Å². The number of hydrogen-bond donors (Lipinski definition) is 3. The zero-order valence-electron chi connectivity index (χ0n) is 68.5. The summed E-state index contributed by atoms with van der Waals surface area (Å²) in [6, 6.07) is 52.0. The second kappa shape index (κ2) is 40.4. The number of fused-ring (bicyclic) bond motifs is 5. The molecule has 0 saturated carbocycles. The van der Waals surface area contributed by atoms with Gasteiger partial charge in [-0.05, 0) is 112 Å². The van der Waals surface area contributed by atoms with E-state index in [4.69, 9.17) is 61.0 Å². The summed E-state index contributed by atoms with van der Waals surface area (Å²) in [4.78, 5) is 82.8. The summed E-state index contributed by atoms with van der Waals surface area (Å²) >= 11 is 0. The Balaban J connectivity index is 0.772. The lowest BCUT2D eigenvalue weighted by atomic mass is 9.80. The molecule has 4 aromatic heterocycles. The lowest BCUT2D eigenvalue weighted by Crippen LogP contribution is -2.38. The first-order chi connectivity index (χ1) is 58.2. The number of phosphoric ester groups is 1. The van der Waals surface area contributed by atoms with Gasteiger partial charge in [-0.2, -0.15) is 10.5 Å². The van der Waals surface area contributed by atoms with E-state index < -0.39 is 83.9 Å². The lowest BCUT2D eigenvalue weighted by molar-refractivity contribution is -0.121. The van der Waals surface area contributed by atoms with Crippen LogP contribution in [-0.4, -0.2) is 159 Å². The first-order valence-corrected chi connectivity index (χ1v) is 43.0. The highest BCUT2D eigenvalue weighted by Crippen LogP contribution is 2.57. The highest BCUT2D eigenvalue weighted by Gasteiger charge is 2.49. The Morgan fingerprint density at radius 1 is 0.625 bits per heavy atom. The maximum atomic E-state index is 16.2. The molecule has 13 rings (SSSR count). The smallest absolute Gasteiger partial charge is 0.475 e. The largest absolute Gasteiger partial charge is 0.497 e. The minimum Gasteiger partial charge on any atom is -0.497 e. The van der Waals surface area contributed by atoms with E-state index in [1.807, 2.05) is 103 Å². The van der Waals surface area contributed by atoms with Gasteiger partial charge in [0.15, 0.2) is 42.3 Å². The van der Waals surface area contributed by atoms with E-state index >= 15 is 4.57 Å². The van der Waals surface area contributed by atoms with E-state index in [1.165, 1.54) is 30.2 Å². The Morgan fingerprint density at radius 2 is 1.18 bits per heavy atom. The fraction of sp³-hybridized carbons (Fsp3) is 0.409. The Hall–Kier alpha value is -11.0. The summed E-state index contributed by atoms with van der Waals surface area (Å²) in [7, 11) is -1.90. The van der Waals surface area contributed by atoms with Crippen LogP contribution in [0.2, 0.25) is 0 Å². The second-order valence-electron chi connectivity index (χ2n) is 30.7. The van der Waals surface area contributed by atoms with Crippen molar-refractivity contribution < 1.29 is 74.8 Å². The quantitative estimate of drug-likeness (QED) is 0.0182. The third-order valence-corrected chi connectivity index (χ3v) is 25.5. The fourth-order valence-electron chi connectivity index (χ4n) is 15.4. The maximum Gasteiger partial charge on any atom is 0.475 e. The van der Waals surface area contributed by atoms with Crippen LogP contribution >= 0.6 is 16.2 Å². The Kier molecular flexibility index (Phi) is 29.2. The second-order valence-corrected chi connectivity index (χ2v) is 33.9. The van der Waals surface area contributed by atoms with Gasteiger partial charge in [0.1, 0.15) is 67.1 Å². The molecule has 1 aliphatic carbocycles. The third-order valence-electron chi connectivity index (χ3n) is 21.4. The topological polar surface area (TPSA) is 361 Å². The van der Waals surface area contributed by atoms with Crippen molar-refractivity contribution in [3.8, 4) is 34.8 Å². The molecule has 32 heteroatoms. The highest BCUT2D eigenvalue weighted by atomic mass is 31.2. The number of aromatic nitrogens is 8. The predicted molar refractivity (Wildman–Crippen MR) is 448 cm³/mol. The number of ether oxygens (including phenoxy) is 6. The predicted octanol–water partition coefficient (Wildman–Crippen LogP) is 15.9. The van der Waals surface area contributed by atoms with Crippen LogP contribution in [0.3, 0.4) is 0 Å². The number of nitrogens with one attached hydrogen (secondary N) is 3. The molecule has 628 valence electrons. The number of methoxy groups -OCH3 is 2. The van der Waals surface area contributed by atoms with Crippen LogP contribution in [0.15, 0.2) is 177 Å². The summed E-state index contributed by atoms with van der Waals surface area (Å²) in [5.74, 6) is 0.895. The van der Waals surface area contributed by atoms with Gasteiger partial charge in [0.2, 0.25) is 11.8 Å². The van der Waals surface area contributed by atoms with Gasteiger partial charge in [0.05, 0.1) is 84.4 Å². The third kappa shape index (κ3) is 20.5. The van der Waals surface area contributed by atoms with Gasteiger partial charge in [0.25, 0.3) is 5.91 Å². The number of hydrogen-bond acceptors (Lipinski definition) is 24. The van der Waals surface area contributed by atoms with Crippen LogP contribution in [0, 0.1) is 40.4 Å². The molecule has 10 aromatic rings. The summed E-state index contributed by atoms with van der Waals surface area (Å²) in [5.41, 5.74) is 7.17. The molecule has 120 heavy (non-hydrogen) atoms. The van der Waals surface area contributed by atoms with E-state index in [0.717, 1.165) is 39.8 Å². The van der Waals surface area contributed by atoms with Gasteiger partial charge in [-0.25, -0.2) is 39.3 Å². The molecular formula is C88H100N14O16P2. The molecule has 6 heterocycles. The van der Waals surface area contributed by atoms with Crippen molar-refractivity contribution in [3.05, 3.63) is 216 Å². The monoisotopic (exact) mass is 1670 g/mol. The first-order valence-electron chi connectivity index (χ1n) is 40.3. The molecule has 30 nitrogen and oxygen atoms in total. The molecule has 3 aliphatic rings. The Morgan fingerprint density at radius 3 is 1.75 bits per heavy atom. The van der Waals surface area contributed by atoms with Gasteiger partial charge in [-0.15, -0.1) is 0 Å². The molecule has 0 spiro atoms. The standard InChI is InChI=1S/C88H100N14O16P2/c1-56(2)27-40-75(103)91-48-59-28-30-60(31-29-59)86(105)99-83-80-85(95-53-93-83)102(55-97-80)78-47-72(73(115-78)50-111-88(61-20-11-10-12-21-61,62-32-36-64(108-8)37-33-62)63-34-38-65(109-9)39-35-63)118-120(107,113-45-19-42-90)114-51-74-71(117-119(112-44-18-41-89)81(57(3)4)58(5)6)46-77(116-74)101-54-96-79-82(92-52-94-84(79)101)98-76(104)26-17-43-100(7)87(106)110-49-70-68-24-15-13-22-66(68)67-23-14-16-25-69(67)70/h10-16,20-25,28-39,52-58,70-74,77-78,81H,17-19,26-27,40,43-51H2,1-9H3,(H,91,103)(H,92,94,98,104)(H,93,95,99,105)/t71-,72-,73-,74-,77-,78-,119?,120?/m1/s1. The van der Waals surface area contributed by atoms with Crippen LogP contribution in [0.5, 0.6) is 11.5 Å². The summed E-state index contributed by atoms with van der Waals surface area (Å²) in [5, 5.41) is 28.5. The zero-order valence-corrected chi connectivity index (χ0v) is 70.3. The van der Waals surface area contributed by atoms with Gasteiger partial charge in [0, 0.05) is 63.0 Å². The van der Waals surface area contributed by atoms with Crippen LogP contribution in [0.25, 0.3) is 33.5 Å². The number of nitriles is 2. The molecule has 3 N–H and O–H groups in total. The van der Waals surface area contributed by atoms with E-state index in [9.17, 15) is 29.7 Å². The van der Waals surface area contributed by atoms with E-state index in [2.05, 4.69) is 114 Å². The normalized spacial score (nSPS) is 17.8. The van der Waals surface area contributed by atoms with Crippen LogP contribution in [0.1, 0.15) is 155 Å². The van der Waals surface area contributed by atoms with Crippen molar-refractivity contribution in [3.63, 3.8) is 0 Å². The Bertz CT molecular complexity index is 5200. The number of carbonyl (C=O) groups excluding carboxylic acids is 4. The average molecular weight is 1670 g/mol. The number of nitrogens with zero attached hydrogens (tertiary/aromatic N) is 11. The van der Waals surface area contributed by atoms with Crippen molar-refractivity contribution in [2.24, 2.45) is 17.8 Å². The zero-order chi connectivity index (χ0) is 84.5. The molecule has 2 unspecified atom stereocenters. The van der Waals surface area contributed by atoms with E-state index in [0.29, 0.717) is 59.1 Å². The number of benzene rings is 6. The highest BCUT2D eigenvalue weighted by molar-refractivity contribution is 7.48. The van der Waals surface area contributed by atoms with Crippen LogP contribution in [0.4, 0.5) is 16.4 Å². The van der Waals surface area contributed by atoms with E-state index in [1.54, 1.807) is 54.7 Å². The summed E-state index contributed by atoms with van der Waals surface area (Å²) in [6.45, 7) is 12.1. The summed E-state index contributed by atoms with van der Waals surface area (Å²) < 4.78 is 91.5. The van der Waals surface area contributed by atoms with Crippen molar-refractivity contribution in [1.29, 1.82) is 10.5 Å². The van der Waals surface area contributed by atoms with E-state index in [-0.39, 0.29) is 122 Å². The SMILES string of the molecule is COc1ccc(C(OC[C@H]2O[C@@H](n3cnc4c(NC(=O)c5ccc(CNC(=O)CCC(C)C)cc5)ncnc43)C[C@H]2OP(=O)(OCCC#N)OC[C@H]2O[C@@H](n3cnc4c(NC(=O)CCCN(C)C(=O)OCC5c6ccccc6-c6ccccc65)ncnc43)C[C@H]2OP(OCCC#N)C(C(C)C)C(C)C)(c2ccccc2)c2ccc(OC)cc2)cc1. The van der Waals surface area contributed by atoms with Gasteiger partial charge >= 0.3 is 13.9 Å². The minimum atomic E-state index is -4.92. The minimum absolute atomic E-state index is 0.0238. The number of imidazole rings is 2. The molecule has 4 amide bonds. The molecule has 2 aliphatic heterocycles. The van der Waals surface area contributed by atoms with Crippen molar-refractivity contribution >= 4 is 74.0 Å². The van der Waals surface area contributed by atoms with Gasteiger partial charge < -0.3 is 58.3 Å². The first kappa shape index (κ1) is 86.9. The number of rotatable bonds is 40. The number of anilines is 2. The number of amides is 4. The molecule has 0 bridgehead atoms. The summed E-state index contributed by atoms with van der Waals surface area (Å²) in [6.07, 6.45) is 0.326. The fourth-order valence-corrected chi connectivity index (χ4v) is 18.9. The number of carbonyl (C=O) groups is 4. The molecule has 8 atom stereocenters. The van der Waals surface area contributed by atoms with Gasteiger partial charge in [-0.3, -0.25) is 37.1 Å². The Labute approximate surface area is 698 Å². The van der Waals surface area contributed by atoms with Crippen molar-refractivity contribution in [1.82, 2.24) is 49.3 Å². The lowest BCUT2D eigenvalue weighted by Gasteiger charge is -2.37. The molecule has 2 fully saturated rings. The van der Waals surface area contributed by atoms with Crippen LogP contribution < -0.4 is 25.4 Å². The van der Waals surface area contributed by atoms with Crippen molar-refractivity contribution in [2.45, 2.75) is 154 Å². The molecule has 2 saturated heterocycles. The molecular weight excluding hydrogens is 1570 g/mol. The number of phosphoric acid groups is 1. The molecule has 0 radical (unpaired) electrons. The average Bonchev–Trinajstić information content (AvgIpc) is 0.774. The maximum absolute atomic E-state index is 16.2. The van der Waals surface area contributed by atoms with Gasteiger partial charge in [-0.1, -0.05) is 157 Å².